The number of nitrogens with two attached hydrogens (primary N) is 1. The predicted molar refractivity (Wildman–Crippen MR) is 68.8 cm³/mol. The Balaban J connectivity index is 2.17. The van der Waals surface area contributed by atoms with Crippen LogP contribution in [0, 0.1) is 0 Å². The molecular formula is C14H13NO3. The maximum Gasteiger partial charge on any atom is 0.343 e. The van der Waals surface area contributed by atoms with Crippen molar-refractivity contribution in [3.05, 3.63) is 54.1 Å². The van der Waals surface area contributed by atoms with Gasteiger partial charge in [0, 0.05) is 6.07 Å². The first kappa shape index (κ1) is 12.0. The summed E-state index contributed by atoms with van der Waals surface area (Å²) < 4.78 is 10.3. The summed E-state index contributed by atoms with van der Waals surface area (Å²) in [5.41, 5.74) is 6.67. The molecule has 18 heavy (non-hydrogen) atoms. The average Bonchev–Trinajstić information content (AvgIpc) is 2.42. The van der Waals surface area contributed by atoms with Gasteiger partial charge in [0.15, 0.2) is 0 Å². The van der Waals surface area contributed by atoms with Crippen molar-refractivity contribution < 1.29 is 14.3 Å². The van der Waals surface area contributed by atoms with Gasteiger partial charge in [-0.1, -0.05) is 18.2 Å². The summed E-state index contributed by atoms with van der Waals surface area (Å²) in [5, 5.41) is 0. The molecule has 0 saturated heterocycles. The molecular weight excluding hydrogens is 230 g/mol. The first-order valence-corrected chi connectivity index (χ1v) is 5.41. The fraction of sp³-hybridized carbons (Fsp3) is 0.0714. The van der Waals surface area contributed by atoms with Gasteiger partial charge in [0.2, 0.25) is 0 Å². The van der Waals surface area contributed by atoms with Gasteiger partial charge in [0.25, 0.3) is 0 Å². The van der Waals surface area contributed by atoms with E-state index < -0.39 is 5.97 Å². The second kappa shape index (κ2) is 5.23. The summed E-state index contributed by atoms with van der Waals surface area (Å²) >= 11 is 0. The Morgan fingerprint density at radius 3 is 2.50 bits per heavy atom. The number of hydrogen-bond donors (Lipinski definition) is 1. The van der Waals surface area contributed by atoms with E-state index in [2.05, 4.69) is 0 Å². The number of ether oxygens (including phenoxy) is 2. The van der Waals surface area contributed by atoms with Crippen LogP contribution in [0.3, 0.4) is 0 Å². The van der Waals surface area contributed by atoms with Crippen LogP contribution in [0.2, 0.25) is 0 Å². The van der Waals surface area contributed by atoms with Crippen molar-refractivity contribution in [2.24, 2.45) is 0 Å². The van der Waals surface area contributed by atoms with E-state index in [1.807, 2.05) is 6.07 Å². The number of nitrogen functional groups attached to an aromatic ring is 1. The molecule has 0 saturated carbocycles. The number of methoxy groups -OCH3 is 1. The number of carbonyl (C=O) groups excluding carboxylic acids is 1. The summed E-state index contributed by atoms with van der Waals surface area (Å²) in [7, 11) is 1.51. The second-order valence-electron chi connectivity index (χ2n) is 3.66. The third-order valence-electron chi connectivity index (χ3n) is 2.42. The first-order chi connectivity index (χ1) is 8.70. The van der Waals surface area contributed by atoms with Crippen molar-refractivity contribution in [1.82, 2.24) is 0 Å². The van der Waals surface area contributed by atoms with E-state index in [-0.39, 0.29) is 0 Å². The standard InChI is InChI=1S/C14H13NO3/c1-17-13-9-11(7-8-12(13)15)18-14(16)10-5-3-2-4-6-10/h2-9H,15H2,1H3. The van der Waals surface area contributed by atoms with Gasteiger partial charge in [-0.3, -0.25) is 0 Å². The number of benzene rings is 2. The van der Waals surface area contributed by atoms with Crippen LogP contribution in [0.5, 0.6) is 11.5 Å². The second-order valence-corrected chi connectivity index (χ2v) is 3.66. The van der Waals surface area contributed by atoms with E-state index >= 15 is 0 Å². The molecule has 2 rings (SSSR count). The third kappa shape index (κ3) is 2.60. The molecule has 0 bridgehead atoms. The van der Waals surface area contributed by atoms with Crippen molar-refractivity contribution in [2.45, 2.75) is 0 Å². The SMILES string of the molecule is COc1cc(OC(=O)c2ccccc2)ccc1N. The van der Waals surface area contributed by atoms with Gasteiger partial charge in [0.05, 0.1) is 18.4 Å². The van der Waals surface area contributed by atoms with Crippen LogP contribution < -0.4 is 15.2 Å². The van der Waals surface area contributed by atoms with E-state index in [1.165, 1.54) is 7.11 Å². The Kier molecular flexibility index (Phi) is 3.48. The molecule has 2 aromatic rings. The smallest absolute Gasteiger partial charge is 0.343 e. The van der Waals surface area contributed by atoms with Crippen molar-refractivity contribution in [3.8, 4) is 11.5 Å². The van der Waals surface area contributed by atoms with Crippen LogP contribution in [-0.4, -0.2) is 13.1 Å². The van der Waals surface area contributed by atoms with Crippen LogP contribution in [0.4, 0.5) is 5.69 Å². The highest BCUT2D eigenvalue weighted by molar-refractivity contribution is 5.91. The van der Waals surface area contributed by atoms with Gasteiger partial charge in [-0.05, 0) is 24.3 Å². The lowest BCUT2D eigenvalue weighted by atomic mass is 10.2. The minimum Gasteiger partial charge on any atom is -0.494 e. The summed E-state index contributed by atoms with van der Waals surface area (Å²) in [6.45, 7) is 0. The number of anilines is 1. The summed E-state index contributed by atoms with van der Waals surface area (Å²) in [6, 6.07) is 13.6. The van der Waals surface area contributed by atoms with Crippen molar-refractivity contribution in [2.75, 3.05) is 12.8 Å². The summed E-state index contributed by atoms with van der Waals surface area (Å²) in [4.78, 5) is 11.8. The predicted octanol–water partition coefficient (Wildman–Crippen LogP) is 2.50. The first-order valence-electron chi connectivity index (χ1n) is 5.41. The molecule has 0 aliphatic heterocycles. The molecule has 0 radical (unpaired) electrons. The molecule has 0 fully saturated rings. The Bertz CT molecular complexity index is 552. The van der Waals surface area contributed by atoms with E-state index in [1.54, 1.807) is 42.5 Å². The van der Waals surface area contributed by atoms with Crippen LogP contribution in [0.25, 0.3) is 0 Å². The van der Waals surface area contributed by atoms with E-state index in [9.17, 15) is 4.79 Å². The van der Waals surface area contributed by atoms with Gasteiger partial charge in [-0.2, -0.15) is 0 Å². The molecule has 4 nitrogen and oxygen atoms in total. The zero-order chi connectivity index (χ0) is 13.0. The van der Waals surface area contributed by atoms with Crippen LogP contribution in [-0.2, 0) is 0 Å². The average molecular weight is 243 g/mol. The Labute approximate surface area is 105 Å². The molecule has 0 atom stereocenters. The topological polar surface area (TPSA) is 61.5 Å². The molecule has 0 amide bonds. The van der Waals surface area contributed by atoms with Gasteiger partial charge < -0.3 is 15.2 Å². The Morgan fingerprint density at radius 2 is 1.83 bits per heavy atom. The third-order valence-corrected chi connectivity index (χ3v) is 2.42. The van der Waals surface area contributed by atoms with Crippen LogP contribution in [0.15, 0.2) is 48.5 Å². The molecule has 0 heterocycles. The highest BCUT2D eigenvalue weighted by Gasteiger charge is 2.09. The lowest BCUT2D eigenvalue weighted by Gasteiger charge is -2.08. The molecule has 4 heteroatoms. The molecule has 92 valence electrons. The van der Waals surface area contributed by atoms with E-state index in [4.69, 9.17) is 15.2 Å². The largest absolute Gasteiger partial charge is 0.494 e. The Hall–Kier alpha value is -2.49. The van der Waals surface area contributed by atoms with Crippen LogP contribution >= 0.6 is 0 Å². The molecule has 0 spiro atoms. The molecule has 0 aliphatic rings. The number of rotatable bonds is 3. The number of hydrogen-bond acceptors (Lipinski definition) is 4. The van der Waals surface area contributed by atoms with E-state index in [0.717, 1.165) is 0 Å². The lowest BCUT2D eigenvalue weighted by molar-refractivity contribution is 0.0734. The van der Waals surface area contributed by atoms with E-state index in [0.29, 0.717) is 22.7 Å². The van der Waals surface area contributed by atoms with Gasteiger partial charge >= 0.3 is 5.97 Å². The van der Waals surface area contributed by atoms with Crippen molar-refractivity contribution in [1.29, 1.82) is 0 Å². The zero-order valence-corrected chi connectivity index (χ0v) is 9.92. The fourth-order valence-corrected chi connectivity index (χ4v) is 1.50. The van der Waals surface area contributed by atoms with Crippen molar-refractivity contribution in [3.63, 3.8) is 0 Å². The maximum absolute atomic E-state index is 11.8. The number of esters is 1. The highest BCUT2D eigenvalue weighted by atomic mass is 16.5. The highest BCUT2D eigenvalue weighted by Crippen LogP contribution is 2.26. The maximum atomic E-state index is 11.8. The molecule has 0 aliphatic carbocycles. The summed E-state index contributed by atoms with van der Waals surface area (Å²) in [5.74, 6) is 0.464. The van der Waals surface area contributed by atoms with Gasteiger partial charge in [-0.15, -0.1) is 0 Å². The lowest BCUT2D eigenvalue weighted by Crippen LogP contribution is -2.08. The minimum absolute atomic E-state index is 0.398. The zero-order valence-electron chi connectivity index (χ0n) is 9.92. The summed E-state index contributed by atoms with van der Waals surface area (Å²) in [6.07, 6.45) is 0. The molecule has 0 aromatic heterocycles. The molecule has 0 unspecified atom stereocenters. The quantitative estimate of drug-likeness (QED) is 0.511. The van der Waals surface area contributed by atoms with Crippen molar-refractivity contribution >= 4 is 11.7 Å². The van der Waals surface area contributed by atoms with Gasteiger partial charge in [-0.25, -0.2) is 4.79 Å². The molecule has 2 aromatic carbocycles. The molecule has 2 N–H and O–H groups in total. The minimum atomic E-state index is -0.414. The van der Waals surface area contributed by atoms with Crippen LogP contribution in [0.1, 0.15) is 10.4 Å². The number of carbonyl (C=O) groups is 1. The fourth-order valence-electron chi connectivity index (χ4n) is 1.50. The Morgan fingerprint density at radius 1 is 1.11 bits per heavy atom. The van der Waals surface area contributed by atoms with Gasteiger partial charge in [0.1, 0.15) is 11.5 Å². The monoisotopic (exact) mass is 243 g/mol. The normalized spacial score (nSPS) is 9.83.